The molecule has 1 unspecified atom stereocenters. The fourth-order valence-electron chi connectivity index (χ4n) is 9.97. The lowest BCUT2D eigenvalue weighted by Crippen LogP contribution is -2.36. The molecule has 0 aromatic heterocycles. The van der Waals surface area contributed by atoms with Crippen LogP contribution < -0.4 is 10.2 Å². The highest BCUT2D eigenvalue weighted by Crippen LogP contribution is 2.64. The molecule has 0 radical (unpaired) electrons. The van der Waals surface area contributed by atoms with Crippen molar-refractivity contribution in [1.82, 2.24) is 5.32 Å². The normalized spacial score (nSPS) is 15.6. The lowest BCUT2D eigenvalue weighted by molar-refractivity contribution is 0.664. The standard InChI is InChI=1S/C57H39N3/c1-4-16-38(17-5-1)39-28-30-40(31-29-39)52-37-53(59-56(58-52)41-18-6-2-7-19-41)44-32-33-46-47-34-42-20-10-11-21-43(42)35-51(47)57(50(46)36-44)48-24-12-14-26-54(48)60(45-22-8-3-9-23-45)55-27-15-13-25-49(55)57/h1-37,56,58H. The summed E-state index contributed by atoms with van der Waals surface area (Å²) in [6, 6.07) is 79.6. The summed E-state index contributed by atoms with van der Waals surface area (Å²) in [6.07, 6.45) is 1.98. The highest BCUT2D eigenvalue weighted by molar-refractivity contribution is 6.14. The number of nitrogens with one attached hydrogen (secondary N) is 1. The third kappa shape index (κ3) is 5.26. The summed E-state index contributed by atoms with van der Waals surface area (Å²) in [5.74, 6) is 0. The van der Waals surface area contributed by atoms with E-state index in [4.69, 9.17) is 4.99 Å². The second kappa shape index (κ2) is 13.7. The molecule has 12 rings (SSSR count). The smallest absolute Gasteiger partial charge is 0.145 e. The molecule has 0 saturated carbocycles. The Kier molecular flexibility index (Phi) is 7.82. The van der Waals surface area contributed by atoms with E-state index < -0.39 is 5.41 Å². The second-order valence-corrected chi connectivity index (χ2v) is 15.9. The van der Waals surface area contributed by atoms with Crippen LogP contribution in [0.25, 0.3) is 38.7 Å². The quantitative estimate of drug-likeness (QED) is 0.189. The van der Waals surface area contributed by atoms with Gasteiger partial charge in [0.15, 0.2) is 0 Å². The number of para-hydroxylation sites is 3. The molecule has 2 aliphatic heterocycles. The predicted octanol–water partition coefficient (Wildman–Crippen LogP) is 13.8. The van der Waals surface area contributed by atoms with Crippen molar-refractivity contribution in [3.8, 4) is 22.3 Å². The van der Waals surface area contributed by atoms with Crippen LogP contribution in [0.2, 0.25) is 0 Å². The number of nitrogens with zero attached hydrogens (tertiary/aromatic N) is 2. The zero-order valence-corrected chi connectivity index (χ0v) is 32.8. The average Bonchev–Trinajstić information content (AvgIpc) is 3.60. The number of hydrogen-bond donors (Lipinski definition) is 1. The maximum atomic E-state index is 5.48. The Bertz CT molecular complexity index is 3120. The van der Waals surface area contributed by atoms with Gasteiger partial charge in [-0.1, -0.05) is 176 Å². The van der Waals surface area contributed by atoms with Gasteiger partial charge >= 0.3 is 0 Å². The molecule has 3 heteroatoms. The molecule has 1 aliphatic carbocycles. The fraction of sp³-hybridized carbons (Fsp3) is 0.0351. The molecule has 0 fully saturated rings. The molecule has 1 N–H and O–H groups in total. The van der Waals surface area contributed by atoms with Crippen LogP contribution in [0.15, 0.2) is 229 Å². The molecule has 0 amide bonds. The Labute approximate surface area is 350 Å². The fourth-order valence-corrected chi connectivity index (χ4v) is 9.97. The summed E-state index contributed by atoms with van der Waals surface area (Å²) < 4.78 is 0. The summed E-state index contributed by atoms with van der Waals surface area (Å²) in [7, 11) is 0. The SMILES string of the molecule is C1=C(c2ccc(-c3ccccc3)cc2)NC(c2ccccc2)N=C1c1ccc2c(c1)C1(c3cc4ccccc4cc3-2)c2ccccc2N(c2ccccc2)c2ccccc21. The van der Waals surface area contributed by atoms with E-state index in [0.29, 0.717) is 0 Å². The molecule has 0 saturated heterocycles. The van der Waals surface area contributed by atoms with Crippen molar-refractivity contribution in [2.75, 3.05) is 4.90 Å². The molecule has 1 spiro atoms. The largest absolute Gasteiger partial charge is 0.360 e. The highest BCUT2D eigenvalue weighted by Gasteiger charge is 2.52. The van der Waals surface area contributed by atoms with Gasteiger partial charge in [-0.15, -0.1) is 0 Å². The third-order valence-corrected chi connectivity index (χ3v) is 12.7. The molecule has 9 aromatic carbocycles. The van der Waals surface area contributed by atoms with Gasteiger partial charge in [-0.3, -0.25) is 4.99 Å². The van der Waals surface area contributed by atoms with E-state index in [1.54, 1.807) is 0 Å². The van der Waals surface area contributed by atoms with Gasteiger partial charge in [-0.25, -0.2) is 0 Å². The first-order valence-electron chi connectivity index (χ1n) is 20.7. The minimum atomic E-state index is -0.588. The molecule has 60 heavy (non-hydrogen) atoms. The maximum Gasteiger partial charge on any atom is 0.145 e. The van der Waals surface area contributed by atoms with Crippen LogP contribution in [0.4, 0.5) is 17.1 Å². The predicted molar refractivity (Wildman–Crippen MR) is 248 cm³/mol. The van der Waals surface area contributed by atoms with Crippen molar-refractivity contribution in [3.63, 3.8) is 0 Å². The summed E-state index contributed by atoms with van der Waals surface area (Å²) in [5, 5.41) is 6.28. The first-order valence-corrected chi connectivity index (χ1v) is 20.7. The van der Waals surface area contributed by atoms with Crippen LogP contribution >= 0.6 is 0 Å². The number of benzene rings is 9. The number of fused-ring (bicyclic) bond motifs is 10. The van der Waals surface area contributed by atoms with Gasteiger partial charge in [0.05, 0.1) is 22.5 Å². The molecule has 3 nitrogen and oxygen atoms in total. The Morgan fingerprint density at radius 2 is 0.950 bits per heavy atom. The van der Waals surface area contributed by atoms with Crippen LogP contribution in [-0.2, 0) is 5.41 Å². The number of rotatable bonds is 5. The number of hydrogen-bond acceptors (Lipinski definition) is 3. The molecule has 2 heterocycles. The first-order chi connectivity index (χ1) is 29.7. The van der Waals surface area contributed by atoms with Crippen molar-refractivity contribution in [3.05, 3.63) is 263 Å². The Morgan fingerprint density at radius 1 is 0.417 bits per heavy atom. The zero-order valence-electron chi connectivity index (χ0n) is 32.8. The van der Waals surface area contributed by atoms with Gasteiger partial charge in [0.1, 0.15) is 6.17 Å². The van der Waals surface area contributed by atoms with Crippen molar-refractivity contribution >= 4 is 39.2 Å². The van der Waals surface area contributed by atoms with Crippen molar-refractivity contribution in [2.24, 2.45) is 4.99 Å². The molecule has 3 aliphatic rings. The molecular formula is C57H39N3. The van der Waals surface area contributed by atoms with Crippen molar-refractivity contribution in [1.29, 1.82) is 0 Å². The Balaban J connectivity index is 1.09. The van der Waals surface area contributed by atoms with E-state index in [2.05, 4.69) is 235 Å². The van der Waals surface area contributed by atoms with E-state index in [9.17, 15) is 0 Å². The summed E-state index contributed by atoms with van der Waals surface area (Å²) in [4.78, 5) is 7.92. The van der Waals surface area contributed by atoms with Gasteiger partial charge in [-0.05, 0) is 115 Å². The van der Waals surface area contributed by atoms with E-state index >= 15 is 0 Å². The van der Waals surface area contributed by atoms with Gasteiger partial charge < -0.3 is 10.2 Å². The second-order valence-electron chi connectivity index (χ2n) is 15.9. The van der Waals surface area contributed by atoms with E-state index in [1.165, 1.54) is 66.7 Å². The first kappa shape index (κ1) is 34.3. The molecule has 0 bridgehead atoms. The maximum absolute atomic E-state index is 5.48. The van der Waals surface area contributed by atoms with Crippen LogP contribution in [0.1, 0.15) is 45.1 Å². The van der Waals surface area contributed by atoms with Crippen LogP contribution in [0, 0.1) is 0 Å². The lowest BCUT2D eigenvalue weighted by Gasteiger charge is -2.45. The third-order valence-electron chi connectivity index (χ3n) is 12.7. The van der Waals surface area contributed by atoms with Gasteiger partial charge in [0.25, 0.3) is 0 Å². The topological polar surface area (TPSA) is 27.6 Å². The Hall–Kier alpha value is -7.75. The van der Waals surface area contributed by atoms with Crippen LogP contribution in [-0.4, -0.2) is 5.71 Å². The molecule has 9 aromatic rings. The minimum Gasteiger partial charge on any atom is -0.360 e. The average molecular weight is 766 g/mol. The van der Waals surface area contributed by atoms with E-state index in [1.807, 2.05) is 0 Å². The van der Waals surface area contributed by atoms with E-state index in [0.717, 1.165) is 33.8 Å². The summed E-state index contributed by atoms with van der Waals surface area (Å²) in [5.41, 5.74) is 18.3. The highest BCUT2D eigenvalue weighted by atomic mass is 15.2. The van der Waals surface area contributed by atoms with Crippen molar-refractivity contribution in [2.45, 2.75) is 11.6 Å². The Morgan fingerprint density at radius 3 is 1.65 bits per heavy atom. The lowest BCUT2D eigenvalue weighted by atomic mass is 9.64. The van der Waals surface area contributed by atoms with Gasteiger partial charge in [0, 0.05) is 16.9 Å². The summed E-state index contributed by atoms with van der Waals surface area (Å²) in [6.45, 7) is 0. The summed E-state index contributed by atoms with van der Waals surface area (Å²) >= 11 is 0. The van der Waals surface area contributed by atoms with Crippen molar-refractivity contribution < 1.29 is 0 Å². The molecule has 1 atom stereocenters. The number of anilines is 3. The van der Waals surface area contributed by atoms with Gasteiger partial charge in [-0.2, -0.15) is 0 Å². The zero-order chi connectivity index (χ0) is 39.6. The van der Waals surface area contributed by atoms with Gasteiger partial charge in [0.2, 0.25) is 0 Å². The minimum absolute atomic E-state index is 0.254. The monoisotopic (exact) mass is 765 g/mol. The molecular weight excluding hydrogens is 727 g/mol. The van der Waals surface area contributed by atoms with Crippen LogP contribution in [0.5, 0.6) is 0 Å². The van der Waals surface area contributed by atoms with Crippen LogP contribution in [0.3, 0.4) is 0 Å². The van der Waals surface area contributed by atoms with E-state index in [-0.39, 0.29) is 6.17 Å². The molecule has 282 valence electrons. The number of aliphatic imine (C=N–C) groups is 1. The number of allylic oxidation sites excluding steroid dienone is 1.